The molecule has 2 unspecified atom stereocenters. The Hall–Kier alpha value is -3.81. The van der Waals surface area contributed by atoms with E-state index in [1.54, 1.807) is 15.7 Å². The number of hydrogen-bond acceptors (Lipinski definition) is 7. The van der Waals surface area contributed by atoms with Gasteiger partial charge in [0.25, 0.3) is 5.91 Å². The number of hydrogen-bond donors (Lipinski definition) is 2. The van der Waals surface area contributed by atoms with Gasteiger partial charge in [-0.2, -0.15) is 13.2 Å². The van der Waals surface area contributed by atoms with Gasteiger partial charge in [0.15, 0.2) is 0 Å². The molecule has 3 aromatic rings. The van der Waals surface area contributed by atoms with Crippen LogP contribution in [-0.2, 0) is 12.7 Å². The molecule has 210 valence electrons. The standard InChI is InChI=1S/C25H29F5N8O/c1-32-24(39)20-21(31)33-13-34-23(20)37-7-6-15(18(27)11-37)22-35-19(12-38(22)9-8-36(2)3)14-4-5-17(26)16(10-14)25(28,29)30/h4-5,10,12-13,15,18H,6-9,11H2,1-3H3,(H,32,39)(H2,31,33,34). The number of nitrogen functional groups attached to an aromatic ring is 1. The van der Waals surface area contributed by atoms with Crippen molar-refractivity contribution in [1.29, 1.82) is 0 Å². The minimum atomic E-state index is -4.87. The Bertz CT molecular complexity index is 1340. The Morgan fingerprint density at radius 3 is 2.64 bits per heavy atom. The highest BCUT2D eigenvalue weighted by Gasteiger charge is 2.37. The quantitative estimate of drug-likeness (QED) is 0.434. The molecule has 0 bridgehead atoms. The topological polar surface area (TPSA) is 105 Å². The Morgan fingerprint density at radius 1 is 1.26 bits per heavy atom. The number of anilines is 2. The van der Waals surface area contributed by atoms with E-state index in [1.165, 1.54) is 19.4 Å². The maximum Gasteiger partial charge on any atom is 0.419 e. The number of nitrogens with two attached hydrogens (primary N) is 1. The smallest absolute Gasteiger partial charge is 0.383 e. The third kappa shape index (κ3) is 5.95. The molecule has 0 saturated carbocycles. The summed E-state index contributed by atoms with van der Waals surface area (Å²) in [7, 11) is 5.16. The molecular formula is C25H29F5N8O. The number of imidazole rings is 1. The lowest BCUT2D eigenvalue weighted by Crippen LogP contribution is -2.43. The summed E-state index contributed by atoms with van der Waals surface area (Å²) in [5, 5.41) is 2.48. The number of piperidine rings is 1. The predicted molar refractivity (Wildman–Crippen MR) is 135 cm³/mol. The fraction of sp³-hybridized carbons (Fsp3) is 0.440. The van der Waals surface area contributed by atoms with Crippen molar-refractivity contribution in [2.75, 3.05) is 51.4 Å². The van der Waals surface area contributed by atoms with Crippen LogP contribution < -0.4 is 16.0 Å². The molecule has 1 aliphatic heterocycles. The summed E-state index contributed by atoms with van der Waals surface area (Å²) in [5.74, 6) is -1.99. The molecule has 1 aliphatic rings. The minimum absolute atomic E-state index is 0.0294. The predicted octanol–water partition coefficient (Wildman–Crippen LogP) is 3.33. The molecule has 0 aliphatic carbocycles. The third-order valence-corrected chi connectivity index (χ3v) is 6.65. The van der Waals surface area contributed by atoms with Crippen LogP contribution in [0.1, 0.15) is 34.1 Å². The van der Waals surface area contributed by atoms with E-state index in [9.17, 15) is 22.4 Å². The van der Waals surface area contributed by atoms with Crippen molar-refractivity contribution in [2.45, 2.75) is 31.2 Å². The van der Waals surface area contributed by atoms with Gasteiger partial charge in [-0.25, -0.2) is 23.7 Å². The zero-order valence-electron chi connectivity index (χ0n) is 21.6. The van der Waals surface area contributed by atoms with Gasteiger partial charge in [-0.05, 0) is 38.7 Å². The van der Waals surface area contributed by atoms with Crippen LogP contribution in [0.2, 0.25) is 0 Å². The van der Waals surface area contributed by atoms with Gasteiger partial charge >= 0.3 is 6.18 Å². The lowest BCUT2D eigenvalue weighted by molar-refractivity contribution is -0.139. The van der Waals surface area contributed by atoms with Crippen molar-refractivity contribution in [3.8, 4) is 11.3 Å². The molecule has 4 rings (SSSR count). The number of likely N-dealkylation sites (N-methyl/N-ethyl adjacent to an activating group) is 1. The summed E-state index contributed by atoms with van der Waals surface area (Å²) in [5.41, 5.74) is 4.82. The van der Waals surface area contributed by atoms with Crippen LogP contribution in [0, 0.1) is 5.82 Å². The molecule has 2 atom stereocenters. The summed E-state index contributed by atoms with van der Waals surface area (Å²) in [4.78, 5) is 28.5. The van der Waals surface area contributed by atoms with E-state index < -0.39 is 35.6 Å². The summed E-state index contributed by atoms with van der Waals surface area (Å²) < 4.78 is 71.3. The largest absolute Gasteiger partial charge is 0.419 e. The second-order valence-electron chi connectivity index (χ2n) is 9.57. The summed E-state index contributed by atoms with van der Waals surface area (Å²) in [6, 6.07) is 2.69. The lowest BCUT2D eigenvalue weighted by atomic mass is 9.93. The first kappa shape index (κ1) is 28.2. The fourth-order valence-electron chi connectivity index (χ4n) is 4.61. The first-order valence-electron chi connectivity index (χ1n) is 12.2. The highest BCUT2D eigenvalue weighted by Crippen LogP contribution is 2.37. The Morgan fingerprint density at radius 2 is 2.00 bits per heavy atom. The Labute approximate surface area is 221 Å². The monoisotopic (exact) mass is 552 g/mol. The normalized spacial score (nSPS) is 18.0. The summed E-state index contributed by atoms with van der Waals surface area (Å²) >= 11 is 0. The SMILES string of the molecule is CNC(=O)c1c(N)ncnc1N1CCC(c2nc(-c3ccc(F)c(C(F)(F)F)c3)cn2CCN(C)C)C(F)C1. The molecule has 3 heterocycles. The van der Waals surface area contributed by atoms with Gasteiger partial charge < -0.3 is 25.4 Å². The molecule has 0 radical (unpaired) electrons. The molecule has 14 heteroatoms. The average Bonchev–Trinajstić information content (AvgIpc) is 3.30. The van der Waals surface area contributed by atoms with E-state index in [2.05, 4.69) is 20.3 Å². The van der Waals surface area contributed by atoms with Crippen molar-refractivity contribution in [3.63, 3.8) is 0 Å². The van der Waals surface area contributed by atoms with E-state index in [-0.39, 0.29) is 41.4 Å². The summed E-state index contributed by atoms with van der Waals surface area (Å²) in [6.45, 7) is 1.19. The number of carbonyl (C=O) groups excluding carboxylic acids is 1. The highest BCUT2D eigenvalue weighted by molar-refractivity contribution is 6.02. The van der Waals surface area contributed by atoms with Crippen LogP contribution in [-0.4, -0.2) is 77.3 Å². The molecule has 3 N–H and O–H groups in total. The van der Waals surface area contributed by atoms with Gasteiger partial charge in [-0.1, -0.05) is 0 Å². The van der Waals surface area contributed by atoms with Gasteiger partial charge in [0.1, 0.15) is 41.3 Å². The molecule has 2 aromatic heterocycles. The number of alkyl halides is 4. The molecular weight excluding hydrogens is 523 g/mol. The van der Waals surface area contributed by atoms with Gasteiger partial charge in [0, 0.05) is 38.4 Å². The van der Waals surface area contributed by atoms with Crippen molar-refractivity contribution in [3.05, 3.63) is 53.5 Å². The maximum atomic E-state index is 15.8. The molecule has 0 spiro atoms. The number of amides is 1. The number of halogens is 5. The Kier molecular flexibility index (Phi) is 8.04. The highest BCUT2D eigenvalue weighted by atomic mass is 19.4. The van der Waals surface area contributed by atoms with Crippen molar-refractivity contribution >= 4 is 17.5 Å². The van der Waals surface area contributed by atoms with E-state index in [0.717, 1.165) is 6.07 Å². The van der Waals surface area contributed by atoms with Crippen molar-refractivity contribution < 1.29 is 26.7 Å². The van der Waals surface area contributed by atoms with E-state index in [0.29, 0.717) is 31.5 Å². The molecule has 1 aromatic carbocycles. The number of aromatic nitrogens is 4. The zero-order valence-corrected chi connectivity index (χ0v) is 21.6. The zero-order chi connectivity index (χ0) is 28.5. The van der Waals surface area contributed by atoms with E-state index in [1.807, 2.05) is 19.0 Å². The number of nitrogens with zero attached hydrogens (tertiary/aromatic N) is 6. The second-order valence-corrected chi connectivity index (χ2v) is 9.57. The van der Waals surface area contributed by atoms with Crippen LogP contribution in [0.25, 0.3) is 11.3 Å². The maximum absolute atomic E-state index is 15.8. The van der Waals surface area contributed by atoms with E-state index in [4.69, 9.17) is 5.73 Å². The van der Waals surface area contributed by atoms with Crippen LogP contribution in [0.4, 0.5) is 33.6 Å². The third-order valence-electron chi connectivity index (χ3n) is 6.65. The molecule has 1 amide bonds. The van der Waals surface area contributed by atoms with Gasteiger partial charge in [0.05, 0.1) is 23.7 Å². The van der Waals surface area contributed by atoms with Crippen molar-refractivity contribution in [2.24, 2.45) is 0 Å². The molecule has 1 fully saturated rings. The van der Waals surface area contributed by atoms with Crippen LogP contribution in [0.3, 0.4) is 0 Å². The van der Waals surface area contributed by atoms with Gasteiger partial charge in [-0.3, -0.25) is 4.79 Å². The van der Waals surface area contributed by atoms with Crippen molar-refractivity contribution in [1.82, 2.24) is 29.7 Å². The number of benzene rings is 1. The van der Waals surface area contributed by atoms with Crippen LogP contribution >= 0.6 is 0 Å². The fourth-order valence-corrected chi connectivity index (χ4v) is 4.61. The Balaban J connectivity index is 1.66. The summed E-state index contributed by atoms with van der Waals surface area (Å²) in [6.07, 6.45) is -3.26. The minimum Gasteiger partial charge on any atom is -0.383 e. The average molecular weight is 553 g/mol. The molecule has 39 heavy (non-hydrogen) atoms. The van der Waals surface area contributed by atoms with Crippen LogP contribution in [0.5, 0.6) is 0 Å². The molecule has 9 nitrogen and oxygen atoms in total. The molecule has 1 saturated heterocycles. The van der Waals surface area contributed by atoms with E-state index >= 15 is 4.39 Å². The van der Waals surface area contributed by atoms with Gasteiger partial charge in [0.2, 0.25) is 0 Å². The lowest BCUT2D eigenvalue weighted by Gasteiger charge is -2.36. The second kappa shape index (κ2) is 11.1. The number of carbonyl (C=O) groups is 1. The first-order chi connectivity index (χ1) is 18.4. The van der Waals surface area contributed by atoms with Crippen LogP contribution in [0.15, 0.2) is 30.7 Å². The first-order valence-corrected chi connectivity index (χ1v) is 12.2. The number of nitrogens with one attached hydrogen (secondary N) is 1. The van der Waals surface area contributed by atoms with Gasteiger partial charge in [-0.15, -0.1) is 0 Å². The number of rotatable bonds is 7.